The minimum Gasteiger partial charge on any atom is -0.378 e. The lowest BCUT2D eigenvalue weighted by atomic mass is 10.0. The van der Waals surface area contributed by atoms with Crippen molar-refractivity contribution in [2.45, 2.75) is 45.1 Å². The molecule has 0 aliphatic rings. The Morgan fingerprint density at radius 3 is 2.17 bits per heavy atom. The number of benzene rings is 3. The zero-order valence-electron chi connectivity index (χ0n) is 17.8. The fraction of sp³-hybridized carbons (Fsp3) is 0.296. The Hall–Kier alpha value is -3.07. The molecule has 0 aliphatic carbocycles. The van der Waals surface area contributed by atoms with Crippen molar-refractivity contribution >= 4 is 11.6 Å². The second-order valence-corrected chi connectivity index (χ2v) is 7.67. The maximum atomic E-state index is 12.3. The van der Waals surface area contributed by atoms with Crippen molar-refractivity contribution in [1.29, 1.82) is 0 Å². The van der Waals surface area contributed by atoms with E-state index in [1.165, 1.54) is 30.4 Å². The molecule has 1 unspecified atom stereocenters. The van der Waals surface area contributed by atoms with E-state index < -0.39 is 0 Å². The molecule has 0 fully saturated rings. The van der Waals surface area contributed by atoms with Gasteiger partial charge in [-0.3, -0.25) is 4.79 Å². The minimum absolute atomic E-state index is 0.0288. The first-order valence-corrected chi connectivity index (χ1v) is 11.0. The van der Waals surface area contributed by atoms with E-state index in [1.54, 1.807) is 0 Å². The largest absolute Gasteiger partial charge is 0.378 e. The first-order chi connectivity index (χ1) is 14.8. The molecule has 0 bridgehead atoms. The average molecular weight is 401 g/mol. The van der Waals surface area contributed by atoms with Gasteiger partial charge >= 0.3 is 0 Å². The number of carbonyl (C=O) groups is 1. The third kappa shape index (κ3) is 6.77. The van der Waals surface area contributed by atoms with Crippen LogP contribution in [0.5, 0.6) is 0 Å². The van der Waals surface area contributed by atoms with E-state index in [2.05, 4.69) is 66.1 Å². The molecule has 0 aliphatic heterocycles. The molecule has 0 spiro atoms. The smallest absolute Gasteiger partial charge is 0.251 e. The fourth-order valence-corrected chi connectivity index (χ4v) is 3.58. The summed E-state index contributed by atoms with van der Waals surface area (Å²) < 4.78 is 0. The molecule has 3 heteroatoms. The van der Waals surface area contributed by atoms with Crippen LogP contribution in [0.3, 0.4) is 0 Å². The van der Waals surface area contributed by atoms with Crippen molar-refractivity contribution in [3.63, 3.8) is 0 Å². The number of anilines is 1. The van der Waals surface area contributed by atoms with Gasteiger partial charge in [-0.05, 0) is 54.7 Å². The monoisotopic (exact) mass is 400 g/mol. The van der Waals surface area contributed by atoms with E-state index in [-0.39, 0.29) is 11.9 Å². The van der Waals surface area contributed by atoms with Crippen molar-refractivity contribution in [3.8, 4) is 0 Å². The molecule has 3 rings (SSSR count). The maximum absolute atomic E-state index is 12.3. The first kappa shape index (κ1) is 21.6. The third-order valence-corrected chi connectivity index (χ3v) is 5.32. The average Bonchev–Trinajstić information content (AvgIpc) is 2.80. The van der Waals surface area contributed by atoms with Gasteiger partial charge in [-0.25, -0.2) is 0 Å². The summed E-state index contributed by atoms with van der Waals surface area (Å²) >= 11 is 0. The van der Waals surface area contributed by atoms with Crippen molar-refractivity contribution in [1.82, 2.24) is 5.32 Å². The molecule has 0 saturated heterocycles. The highest BCUT2D eigenvalue weighted by atomic mass is 16.1. The summed E-state index contributed by atoms with van der Waals surface area (Å²) in [6, 6.07) is 28.7. The van der Waals surface area contributed by atoms with E-state index in [4.69, 9.17) is 0 Å². The standard InChI is InChI=1S/C27H32N2O/c1-2-3-6-11-22-16-18-25(19-17-22)29-26(23-12-7-4-8-13-23)20-21-28-27(30)24-14-9-5-10-15-24/h4-5,7-10,12-19,26,29H,2-3,6,11,20-21H2,1H3,(H,28,30). The molecule has 156 valence electrons. The maximum Gasteiger partial charge on any atom is 0.251 e. The third-order valence-electron chi connectivity index (χ3n) is 5.32. The second-order valence-electron chi connectivity index (χ2n) is 7.67. The molecule has 2 N–H and O–H groups in total. The zero-order chi connectivity index (χ0) is 21.0. The summed E-state index contributed by atoms with van der Waals surface area (Å²) in [7, 11) is 0. The minimum atomic E-state index is -0.0288. The van der Waals surface area contributed by atoms with Crippen molar-refractivity contribution in [2.24, 2.45) is 0 Å². The van der Waals surface area contributed by atoms with Gasteiger partial charge in [0.05, 0.1) is 6.04 Å². The molecule has 1 atom stereocenters. The van der Waals surface area contributed by atoms with Gasteiger partial charge in [0.25, 0.3) is 5.91 Å². The summed E-state index contributed by atoms with van der Waals surface area (Å²) in [5, 5.41) is 6.70. The van der Waals surface area contributed by atoms with E-state index in [9.17, 15) is 4.79 Å². The number of aryl methyl sites for hydroxylation is 1. The van der Waals surface area contributed by atoms with Crippen LogP contribution in [0.1, 0.15) is 60.1 Å². The van der Waals surface area contributed by atoms with Gasteiger partial charge in [0, 0.05) is 17.8 Å². The molecular weight excluding hydrogens is 368 g/mol. The van der Waals surface area contributed by atoms with E-state index >= 15 is 0 Å². The Morgan fingerprint density at radius 1 is 0.833 bits per heavy atom. The Labute approximate surface area is 180 Å². The van der Waals surface area contributed by atoms with Gasteiger partial charge in [0.2, 0.25) is 0 Å². The fourth-order valence-electron chi connectivity index (χ4n) is 3.58. The van der Waals surface area contributed by atoms with Crippen LogP contribution in [-0.2, 0) is 6.42 Å². The molecule has 0 saturated carbocycles. The lowest BCUT2D eigenvalue weighted by Gasteiger charge is -2.21. The van der Waals surface area contributed by atoms with E-state index in [0.29, 0.717) is 12.1 Å². The molecule has 0 radical (unpaired) electrons. The topological polar surface area (TPSA) is 41.1 Å². The Balaban J connectivity index is 1.60. The molecule has 30 heavy (non-hydrogen) atoms. The molecule has 3 aromatic carbocycles. The van der Waals surface area contributed by atoms with Crippen molar-refractivity contribution < 1.29 is 4.79 Å². The second kappa shape index (κ2) is 11.8. The molecule has 3 aromatic rings. The van der Waals surface area contributed by atoms with Gasteiger partial charge in [-0.2, -0.15) is 0 Å². The molecule has 0 heterocycles. The number of carbonyl (C=O) groups excluding carboxylic acids is 1. The van der Waals surface area contributed by atoms with E-state index in [0.717, 1.165) is 18.5 Å². The molecule has 0 aromatic heterocycles. The van der Waals surface area contributed by atoms with Gasteiger partial charge in [-0.15, -0.1) is 0 Å². The van der Waals surface area contributed by atoms with Crippen LogP contribution in [0, 0.1) is 0 Å². The van der Waals surface area contributed by atoms with E-state index in [1.807, 2.05) is 36.4 Å². The predicted molar refractivity (Wildman–Crippen MR) is 126 cm³/mol. The Morgan fingerprint density at radius 2 is 1.50 bits per heavy atom. The number of rotatable bonds is 11. The first-order valence-electron chi connectivity index (χ1n) is 11.0. The summed E-state index contributed by atoms with van der Waals surface area (Å²) in [5.74, 6) is -0.0288. The summed E-state index contributed by atoms with van der Waals surface area (Å²) in [5.41, 5.74) is 4.41. The Kier molecular flexibility index (Phi) is 8.52. The highest BCUT2D eigenvalue weighted by molar-refractivity contribution is 5.94. The van der Waals surface area contributed by atoms with Crippen LogP contribution in [-0.4, -0.2) is 12.5 Å². The molecule has 3 nitrogen and oxygen atoms in total. The number of unbranched alkanes of at least 4 members (excludes halogenated alkanes) is 2. The number of hydrogen-bond donors (Lipinski definition) is 2. The van der Waals surface area contributed by atoms with Gasteiger partial charge < -0.3 is 10.6 Å². The van der Waals surface area contributed by atoms with Crippen LogP contribution < -0.4 is 10.6 Å². The Bertz CT molecular complexity index is 876. The van der Waals surface area contributed by atoms with Crippen LogP contribution in [0.4, 0.5) is 5.69 Å². The quantitative estimate of drug-likeness (QED) is 0.366. The summed E-state index contributed by atoms with van der Waals surface area (Å²) in [4.78, 5) is 12.3. The number of hydrogen-bond acceptors (Lipinski definition) is 2. The van der Waals surface area contributed by atoms with Crippen LogP contribution in [0.2, 0.25) is 0 Å². The van der Waals surface area contributed by atoms with Crippen molar-refractivity contribution in [2.75, 3.05) is 11.9 Å². The zero-order valence-corrected chi connectivity index (χ0v) is 17.8. The van der Waals surface area contributed by atoms with Gasteiger partial charge in [-0.1, -0.05) is 80.4 Å². The van der Waals surface area contributed by atoms with Crippen LogP contribution in [0.25, 0.3) is 0 Å². The number of nitrogens with one attached hydrogen (secondary N) is 2. The lowest BCUT2D eigenvalue weighted by molar-refractivity contribution is 0.0952. The highest BCUT2D eigenvalue weighted by Crippen LogP contribution is 2.23. The predicted octanol–water partition coefficient (Wildman–Crippen LogP) is 6.39. The molecular formula is C27H32N2O. The highest BCUT2D eigenvalue weighted by Gasteiger charge is 2.12. The lowest BCUT2D eigenvalue weighted by Crippen LogP contribution is -2.27. The SMILES string of the molecule is CCCCCc1ccc(NC(CCNC(=O)c2ccccc2)c2ccccc2)cc1. The van der Waals surface area contributed by atoms with Crippen molar-refractivity contribution in [3.05, 3.63) is 102 Å². The molecule has 1 amide bonds. The van der Waals surface area contributed by atoms with Crippen LogP contribution in [0.15, 0.2) is 84.9 Å². The summed E-state index contributed by atoms with van der Waals surface area (Å²) in [6.07, 6.45) is 5.73. The van der Waals surface area contributed by atoms with Gasteiger partial charge in [0.1, 0.15) is 0 Å². The van der Waals surface area contributed by atoms with Gasteiger partial charge in [0.15, 0.2) is 0 Å². The number of amides is 1. The van der Waals surface area contributed by atoms with Crippen LogP contribution >= 0.6 is 0 Å². The normalized spacial score (nSPS) is 11.6. The summed E-state index contributed by atoms with van der Waals surface area (Å²) in [6.45, 7) is 2.84.